The lowest BCUT2D eigenvalue weighted by Gasteiger charge is -2.24. The van der Waals surface area contributed by atoms with E-state index in [9.17, 15) is 0 Å². The molecule has 0 bridgehead atoms. The quantitative estimate of drug-likeness (QED) is 0.335. The summed E-state index contributed by atoms with van der Waals surface area (Å²) in [7, 11) is 0. The van der Waals surface area contributed by atoms with Gasteiger partial charge in [0, 0.05) is 19.6 Å². The lowest BCUT2D eigenvalue weighted by Crippen LogP contribution is -2.05. The molecule has 2 rings (SSSR count). The maximum Gasteiger partial charge on any atom is 0.0189 e. The predicted molar refractivity (Wildman–Crippen MR) is 137 cm³/mol. The van der Waals surface area contributed by atoms with Crippen LogP contribution in [0.4, 0.5) is 0 Å². The molecule has 0 saturated heterocycles. The SMILES string of the molecule is CCc1cc(SC)c(CC)c(CC)c1Sc1c(CC)cc(SC)c(CC)c1CC. The van der Waals surface area contributed by atoms with Crippen molar-refractivity contribution in [2.75, 3.05) is 12.5 Å². The van der Waals surface area contributed by atoms with Gasteiger partial charge in [-0.3, -0.25) is 0 Å². The average Bonchev–Trinajstić information content (AvgIpc) is 2.77. The second-order valence-electron chi connectivity index (χ2n) is 7.27. The van der Waals surface area contributed by atoms with Crippen molar-refractivity contribution in [3.05, 3.63) is 45.5 Å². The number of rotatable bonds is 10. The zero-order chi connectivity index (χ0) is 21.6. The predicted octanol–water partition coefficient (Wildman–Crippen LogP) is 8.66. The van der Waals surface area contributed by atoms with Gasteiger partial charge in [0.15, 0.2) is 0 Å². The molecule has 0 aromatic heterocycles. The molecule has 2 aromatic rings. The van der Waals surface area contributed by atoms with Gasteiger partial charge in [-0.05, 0) is 96.5 Å². The lowest BCUT2D eigenvalue weighted by molar-refractivity contribution is 0.909. The Kier molecular flexibility index (Phi) is 10.0. The molecule has 0 atom stereocenters. The fourth-order valence-electron chi connectivity index (χ4n) is 4.35. The summed E-state index contributed by atoms with van der Waals surface area (Å²) in [5, 5.41) is 0. The molecule has 0 saturated carbocycles. The molecule has 0 amide bonds. The third kappa shape index (κ3) is 5.05. The van der Waals surface area contributed by atoms with E-state index in [4.69, 9.17) is 0 Å². The molecular formula is C26H38S3. The molecular weight excluding hydrogens is 408 g/mol. The fraction of sp³-hybridized carbons (Fsp3) is 0.538. The third-order valence-corrected chi connectivity index (χ3v) is 8.92. The van der Waals surface area contributed by atoms with Crippen molar-refractivity contribution >= 4 is 35.3 Å². The molecule has 0 spiro atoms. The molecule has 2 aromatic carbocycles. The highest BCUT2D eigenvalue weighted by molar-refractivity contribution is 8.00. The Morgan fingerprint density at radius 2 is 0.862 bits per heavy atom. The van der Waals surface area contributed by atoms with Crippen LogP contribution < -0.4 is 0 Å². The minimum absolute atomic E-state index is 1.10. The molecule has 0 N–H and O–H groups in total. The molecule has 160 valence electrons. The van der Waals surface area contributed by atoms with E-state index in [2.05, 4.69) is 77.9 Å². The highest BCUT2D eigenvalue weighted by Crippen LogP contribution is 2.44. The van der Waals surface area contributed by atoms with E-state index in [-0.39, 0.29) is 0 Å². The van der Waals surface area contributed by atoms with Crippen LogP contribution in [-0.2, 0) is 38.5 Å². The van der Waals surface area contributed by atoms with E-state index in [1.165, 1.54) is 30.7 Å². The summed E-state index contributed by atoms with van der Waals surface area (Å²) in [4.78, 5) is 6.02. The van der Waals surface area contributed by atoms with E-state index >= 15 is 0 Å². The van der Waals surface area contributed by atoms with Crippen molar-refractivity contribution in [3.8, 4) is 0 Å². The van der Waals surface area contributed by atoms with Crippen molar-refractivity contribution in [2.45, 2.75) is 99.6 Å². The Labute approximate surface area is 192 Å². The van der Waals surface area contributed by atoms with Crippen LogP contribution >= 0.6 is 35.3 Å². The highest BCUT2D eigenvalue weighted by Gasteiger charge is 2.21. The smallest absolute Gasteiger partial charge is 0.0189 e. The molecule has 0 radical (unpaired) electrons. The second kappa shape index (κ2) is 11.8. The lowest BCUT2D eigenvalue weighted by atomic mass is 9.98. The van der Waals surface area contributed by atoms with Crippen LogP contribution in [0.25, 0.3) is 0 Å². The Morgan fingerprint density at radius 3 is 1.10 bits per heavy atom. The standard InChI is InChI=1S/C26H38S3/c1-9-17-15-23(27-7)19(11-3)21(13-5)25(17)29-26-18(10-2)16-24(28-8)20(12-4)22(26)14-6/h15-16H,9-14H2,1-8H3. The minimum Gasteiger partial charge on any atom is -0.129 e. The summed E-state index contributed by atoms with van der Waals surface area (Å²) in [6, 6.07) is 4.94. The first-order chi connectivity index (χ1) is 14.0. The first-order valence-corrected chi connectivity index (χ1v) is 14.4. The Hall–Kier alpha value is -0.510. The van der Waals surface area contributed by atoms with Gasteiger partial charge in [0.05, 0.1) is 0 Å². The van der Waals surface area contributed by atoms with Crippen LogP contribution in [0.15, 0.2) is 31.7 Å². The first-order valence-electron chi connectivity index (χ1n) is 11.2. The maximum absolute atomic E-state index is 2.47. The van der Waals surface area contributed by atoms with Crippen LogP contribution in [0, 0.1) is 0 Å². The van der Waals surface area contributed by atoms with Gasteiger partial charge in [-0.15, -0.1) is 23.5 Å². The van der Waals surface area contributed by atoms with Crippen molar-refractivity contribution in [3.63, 3.8) is 0 Å². The van der Waals surface area contributed by atoms with E-state index in [0.717, 1.165) is 38.5 Å². The van der Waals surface area contributed by atoms with Gasteiger partial charge in [-0.1, -0.05) is 53.3 Å². The minimum atomic E-state index is 1.10. The number of thioether (sulfide) groups is 2. The Bertz CT molecular complexity index is 767. The van der Waals surface area contributed by atoms with Crippen LogP contribution in [0.1, 0.15) is 74.9 Å². The van der Waals surface area contributed by atoms with E-state index < -0.39 is 0 Å². The van der Waals surface area contributed by atoms with Crippen molar-refractivity contribution < 1.29 is 0 Å². The van der Waals surface area contributed by atoms with E-state index in [1.54, 1.807) is 22.3 Å². The number of hydrogen-bond acceptors (Lipinski definition) is 3. The van der Waals surface area contributed by atoms with E-state index in [1.807, 2.05) is 23.5 Å². The van der Waals surface area contributed by atoms with Gasteiger partial charge < -0.3 is 0 Å². The molecule has 29 heavy (non-hydrogen) atoms. The van der Waals surface area contributed by atoms with Crippen molar-refractivity contribution in [1.82, 2.24) is 0 Å². The van der Waals surface area contributed by atoms with Crippen molar-refractivity contribution in [1.29, 1.82) is 0 Å². The molecule has 0 nitrogen and oxygen atoms in total. The normalized spacial score (nSPS) is 11.3. The summed E-state index contributed by atoms with van der Waals surface area (Å²) in [6.45, 7) is 13.9. The number of aryl methyl sites for hydroxylation is 2. The number of benzene rings is 2. The zero-order valence-corrected chi connectivity index (χ0v) is 22.1. The van der Waals surface area contributed by atoms with Gasteiger partial charge in [0.1, 0.15) is 0 Å². The van der Waals surface area contributed by atoms with Crippen LogP contribution in [0.3, 0.4) is 0 Å². The molecule has 0 aliphatic rings. The second-order valence-corrected chi connectivity index (χ2v) is 9.99. The molecule has 0 fully saturated rings. The molecule has 0 heterocycles. The fourth-order valence-corrected chi connectivity index (χ4v) is 7.55. The zero-order valence-electron chi connectivity index (χ0n) is 19.6. The van der Waals surface area contributed by atoms with Crippen molar-refractivity contribution in [2.24, 2.45) is 0 Å². The van der Waals surface area contributed by atoms with Crippen LogP contribution in [0.2, 0.25) is 0 Å². The monoisotopic (exact) mass is 446 g/mol. The number of hydrogen-bond donors (Lipinski definition) is 0. The topological polar surface area (TPSA) is 0 Å². The van der Waals surface area contributed by atoms with Gasteiger partial charge in [-0.2, -0.15) is 0 Å². The summed E-state index contributed by atoms with van der Waals surface area (Å²) >= 11 is 5.89. The molecule has 0 aliphatic heterocycles. The Balaban J connectivity index is 2.79. The molecule has 0 unspecified atom stereocenters. The van der Waals surface area contributed by atoms with Gasteiger partial charge in [0.2, 0.25) is 0 Å². The summed E-state index contributed by atoms with van der Waals surface area (Å²) in [6.07, 6.45) is 11.1. The Morgan fingerprint density at radius 1 is 0.517 bits per heavy atom. The van der Waals surface area contributed by atoms with Gasteiger partial charge in [0.25, 0.3) is 0 Å². The molecule has 0 aliphatic carbocycles. The summed E-state index contributed by atoms with van der Waals surface area (Å²) < 4.78 is 0. The summed E-state index contributed by atoms with van der Waals surface area (Å²) in [5.74, 6) is 0. The molecule has 3 heteroatoms. The maximum atomic E-state index is 2.47. The van der Waals surface area contributed by atoms with Crippen LogP contribution in [0.5, 0.6) is 0 Å². The third-order valence-electron chi connectivity index (χ3n) is 5.89. The largest absolute Gasteiger partial charge is 0.129 e. The van der Waals surface area contributed by atoms with Gasteiger partial charge in [-0.25, -0.2) is 0 Å². The first kappa shape index (κ1) is 24.8. The average molecular weight is 447 g/mol. The van der Waals surface area contributed by atoms with Crippen LogP contribution in [-0.4, -0.2) is 12.5 Å². The van der Waals surface area contributed by atoms with E-state index in [0.29, 0.717) is 0 Å². The van der Waals surface area contributed by atoms with Gasteiger partial charge >= 0.3 is 0 Å². The highest BCUT2D eigenvalue weighted by atomic mass is 32.2. The summed E-state index contributed by atoms with van der Waals surface area (Å²) in [5.41, 5.74) is 9.32.